The molecule has 2 aliphatic heterocycles. The highest BCUT2D eigenvalue weighted by molar-refractivity contribution is 7.09. The predicted molar refractivity (Wildman–Crippen MR) is 81.9 cm³/mol. The van der Waals surface area contributed by atoms with Gasteiger partial charge in [0.2, 0.25) is 0 Å². The Hall–Kier alpha value is -0.490. The predicted octanol–water partition coefficient (Wildman–Crippen LogP) is 2.07. The van der Waals surface area contributed by atoms with Crippen molar-refractivity contribution in [2.45, 2.75) is 45.1 Å². The van der Waals surface area contributed by atoms with Gasteiger partial charge in [-0.2, -0.15) is 0 Å². The van der Waals surface area contributed by atoms with Gasteiger partial charge in [0, 0.05) is 43.2 Å². The fourth-order valence-corrected chi connectivity index (χ4v) is 3.91. The van der Waals surface area contributed by atoms with E-state index in [0.29, 0.717) is 18.2 Å². The molecule has 2 fully saturated rings. The third kappa shape index (κ3) is 3.22. The number of likely N-dealkylation sites (N-methyl/N-ethyl adjacent to an activating group) is 1. The van der Waals surface area contributed by atoms with Gasteiger partial charge >= 0.3 is 0 Å². The molecule has 3 rings (SSSR count). The Morgan fingerprint density at radius 2 is 2.35 bits per heavy atom. The minimum atomic E-state index is 0.430. The monoisotopic (exact) mass is 295 g/mol. The summed E-state index contributed by atoms with van der Waals surface area (Å²) in [5.41, 5.74) is 0. The minimum Gasteiger partial charge on any atom is -0.372 e. The second kappa shape index (κ2) is 6.10. The van der Waals surface area contributed by atoms with Crippen molar-refractivity contribution in [3.8, 4) is 0 Å². The van der Waals surface area contributed by atoms with Crippen molar-refractivity contribution in [3.63, 3.8) is 0 Å². The van der Waals surface area contributed by atoms with E-state index in [-0.39, 0.29) is 0 Å². The van der Waals surface area contributed by atoms with E-state index in [1.54, 1.807) is 11.3 Å². The third-order valence-corrected chi connectivity index (χ3v) is 5.37. The van der Waals surface area contributed by atoms with Crippen molar-refractivity contribution in [3.05, 3.63) is 16.6 Å². The average molecular weight is 295 g/mol. The van der Waals surface area contributed by atoms with Crippen LogP contribution in [0.15, 0.2) is 11.6 Å². The van der Waals surface area contributed by atoms with Crippen LogP contribution in [0.1, 0.15) is 25.3 Å². The number of hydrogen-bond acceptors (Lipinski definition) is 5. The molecular weight excluding hydrogens is 270 g/mol. The summed E-state index contributed by atoms with van der Waals surface area (Å²) in [6.07, 6.45) is 3.99. The Labute approximate surface area is 125 Å². The second-order valence-corrected chi connectivity index (χ2v) is 7.42. The first-order chi connectivity index (χ1) is 9.61. The first kappa shape index (κ1) is 14.4. The summed E-state index contributed by atoms with van der Waals surface area (Å²) >= 11 is 1.75. The van der Waals surface area contributed by atoms with Gasteiger partial charge in [0.25, 0.3) is 0 Å². The van der Waals surface area contributed by atoms with Gasteiger partial charge in [-0.15, -0.1) is 11.3 Å². The lowest BCUT2D eigenvalue weighted by molar-refractivity contribution is 0.0171. The number of rotatable bonds is 5. The highest BCUT2D eigenvalue weighted by Crippen LogP contribution is 2.34. The van der Waals surface area contributed by atoms with E-state index in [2.05, 4.69) is 41.1 Å². The van der Waals surface area contributed by atoms with Crippen molar-refractivity contribution >= 4 is 11.3 Å². The van der Waals surface area contributed by atoms with Crippen LogP contribution in [0, 0.1) is 5.92 Å². The van der Waals surface area contributed by atoms with Crippen LogP contribution in [0.4, 0.5) is 0 Å². The van der Waals surface area contributed by atoms with Crippen LogP contribution < -0.4 is 0 Å². The molecule has 0 saturated carbocycles. The molecular formula is C15H25N3OS. The Morgan fingerprint density at radius 3 is 3.00 bits per heavy atom. The van der Waals surface area contributed by atoms with Crippen molar-refractivity contribution in [1.82, 2.24) is 14.8 Å². The van der Waals surface area contributed by atoms with Crippen molar-refractivity contribution < 1.29 is 4.74 Å². The molecule has 0 aliphatic carbocycles. The fourth-order valence-electron chi connectivity index (χ4n) is 3.25. The lowest BCUT2D eigenvalue weighted by Gasteiger charge is -2.25. The molecule has 2 aliphatic rings. The Kier molecular flexibility index (Phi) is 4.40. The molecule has 4 nitrogen and oxygen atoms in total. The van der Waals surface area contributed by atoms with Crippen LogP contribution in [0.5, 0.6) is 0 Å². The van der Waals surface area contributed by atoms with Crippen LogP contribution in [0.2, 0.25) is 0 Å². The molecule has 0 aromatic carbocycles. The minimum absolute atomic E-state index is 0.430. The molecule has 0 spiro atoms. The Bertz CT molecular complexity index is 409. The molecule has 0 N–H and O–H groups in total. The number of nitrogens with zero attached hydrogens (tertiary/aromatic N) is 3. The maximum absolute atomic E-state index is 6.26. The van der Waals surface area contributed by atoms with E-state index in [1.807, 2.05) is 6.20 Å². The summed E-state index contributed by atoms with van der Waals surface area (Å²) in [6.45, 7) is 8.79. The summed E-state index contributed by atoms with van der Waals surface area (Å²) in [7, 11) is 2.19. The molecule has 112 valence electrons. The van der Waals surface area contributed by atoms with Gasteiger partial charge in [0.05, 0.1) is 18.8 Å². The standard InChI is InChI=1S/C15H25N3OS/c1-11(2)17(3)8-13-6-12-7-18(9-14(12)19-13)10-15-16-4-5-20-15/h4-5,11-14H,6-10H2,1-3H3/t12-,13-,14+/m0/s1. The van der Waals surface area contributed by atoms with E-state index in [0.717, 1.165) is 25.6 Å². The molecule has 1 aromatic heterocycles. The van der Waals surface area contributed by atoms with Gasteiger partial charge in [-0.3, -0.25) is 4.90 Å². The molecule has 0 bridgehead atoms. The number of ether oxygens (including phenoxy) is 1. The zero-order valence-electron chi connectivity index (χ0n) is 12.7. The number of hydrogen-bond donors (Lipinski definition) is 0. The fraction of sp³-hybridized carbons (Fsp3) is 0.800. The van der Waals surface area contributed by atoms with Gasteiger partial charge in [-0.05, 0) is 27.3 Å². The van der Waals surface area contributed by atoms with Crippen molar-refractivity contribution in [1.29, 1.82) is 0 Å². The highest BCUT2D eigenvalue weighted by atomic mass is 32.1. The molecule has 5 heteroatoms. The van der Waals surface area contributed by atoms with Gasteiger partial charge in [-0.1, -0.05) is 0 Å². The summed E-state index contributed by atoms with van der Waals surface area (Å²) in [5.74, 6) is 0.723. The number of fused-ring (bicyclic) bond motifs is 1. The molecule has 3 heterocycles. The summed E-state index contributed by atoms with van der Waals surface area (Å²) < 4.78 is 6.26. The number of likely N-dealkylation sites (tertiary alicyclic amines) is 1. The van der Waals surface area contributed by atoms with Crippen LogP contribution in [0.25, 0.3) is 0 Å². The number of aromatic nitrogens is 1. The molecule has 0 unspecified atom stereocenters. The lowest BCUT2D eigenvalue weighted by atomic mass is 10.0. The smallest absolute Gasteiger partial charge is 0.107 e. The van der Waals surface area contributed by atoms with Crippen LogP contribution in [0.3, 0.4) is 0 Å². The van der Waals surface area contributed by atoms with E-state index in [9.17, 15) is 0 Å². The molecule has 0 amide bonds. The average Bonchev–Trinajstić information content (AvgIpc) is 3.05. The summed E-state index contributed by atoms with van der Waals surface area (Å²) in [4.78, 5) is 9.26. The molecule has 2 saturated heterocycles. The van der Waals surface area contributed by atoms with Crippen molar-refractivity contribution in [2.24, 2.45) is 5.92 Å². The Balaban J connectivity index is 1.47. The Morgan fingerprint density at radius 1 is 1.50 bits per heavy atom. The number of thiazole rings is 1. The van der Waals surface area contributed by atoms with E-state index in [1.165, 1.54) is 18.0 Å². The largest absolute Gasteiger partial charge is 0.372 e. The summed E-state index contributed by atoms with van der Waals surface area (Å²) in [5, 5.41) is 3.28. The molecule has 0 radical (unpaired) electrons. The second-order valence-electron chi connectivity index (χ2n) is 6.45. The molecule has 20 heavy (non-hydrogen) atoms. The summed E-state index contributed by atoms with van der Waals surface area (Å²) in [6, 6.07) is 0.598. The van der Waals surface area contributed by atoms with E-state index < -0.39 is 0 Å². The maximum Gasteiger partial charge on any atom is 0.107 e. The van der Waals surface area contributed by atoms with E-state index in [4.69, 9.17) is 4.74 Å². The molecule has 1 aromatic rings. The van der Waals surface area contributed by atoms with E-state index >= 15 is 0 Å². The van der Waals surface area contributed by atoms with Gasteiger partial charge in [0.15, 0.2) is 0 Å². The first-order valence-corrected chi connectivity index (χ1v) is 8.46. The highest BCUT2D eigenvalue weighted by Gasteiger charge is 2.42. The van der Waals surface area contributed by atoms with Gasteiger partial charge < -0.3 is 9.64 Å². The zero-order chi connectivity index (χ0) is 14.1. The lowest BCUT2D eigenvalue weighted by Crippen LogP contribution is -2.35. The third-order valence-electron chi connectivity index (χ3n) is 4.61. The maximum atomic E-state index is 6.26. The topological polar surface area (TPSA) is 28.6 Å². The SMILES string of the molecule is CC(C)N(C)C[C@@H]1C[C@H]2CN(Cc3nccs3)C[C@H]2O1. The van der Waals surface area contributed by atoms with Crippen molar-refractivity contribution in [2.75, 3.05) is 26.7 Å². The van der Waals surface area contributed by atoms with Crippen LogP contribution >= 0.6 is 11.3 Å². The van der Waals surface area contributed by atoms with Crippen LogP contribution in [-0.4, -0.2) is 59.7 Å². The zero-order valence-corrected chi connectivity index (χ0v) is 13.5. The first-order valence-electron chi connectivity index (χ1n) is 7.58. The molecule has 3 atom stereocenters. The quantitative estimate of drug-likeness (QED) is 0.831. The van der Waals surface area contributed by atoms with Gasteiger partial charge in [0.1, 0.15) is 5.01 Å². The van der Waals surface area contributed by atoms with Crippen LogP contribution in [-0.2, 0) is 11.3 Å². The normalized spacial score (nSPS) is 30.6. The van der Waals surface area contributed by atoms with Gasteiger partial charge in [-0.25, -0.2) is 4.98 Å².